The van der Waals surface area contributed by atoms with Gasteiger partial charge in [0.2, 0.25) is 0 Å². The maximum atomic E-state index is 12.3. The second kappa shape index (κ2) is 6.44. The van der Waals surface area contributed by atoms with E-state index in [1.807, 2.05) is 43.5 Å². The van der Waals surface area contributed by atoms with Crippen LogP contribution in [0.5, 0.6) is 0 Å². The number of piperidine rings is 1. The molecule has 2 N–H and O–H groups in total. The molecule has 0 saturated carbocycles. The van der Waals surface area contributed by atoms with E-state index >= 15 is 0 Å². The molecular formula is C20H22N4O2. The lowest BCUT2D eigenvalue weighted by molar-refractivity contribution is -0.149. The van der Waals surface area contributed by atoms with Crippen LogP contribution in [-0.2, 0) is 11.2 Å². The molecule has 1 aliphatic rings. The molecule has 1 aliphatic heterocycles. The molecular weight excluding hydrogens is 328 g/mol. The summed E-state index contributed by atoms with van der Waals surface area (Å²) < 4.78 is 0. The van der Waals surface area contributed by atoms with Crippen molar-refractivity contribution in [1.82, 2.24) is 15.0 Å². The van der Waals surface area contributed by atoms with Crippen molar-refractivity contribution in [2.75, 3.05) is 18.0 Å². The molecule has 6 heteroatoms. The molecule has 0 amide bonds. The number of rotatable bonds is 4. The van der Waals surface area contributed by atoms with E-state index in [1.165, 1.54) is 6.33 Å². The number of carboxylic acids is 1. The van der Waals surface area contributed by atoms with E-state index in [2.05, 4.69) is 19.9 Å². The van der Waals surface area contributed by atoms with Crippen LogP contribution in [0.1, 0.15) is 24.0 Å². The molecule has 4 rings (SSSR count). The van der Waals surface area contributed by atoms with Gasteiger partial charge in [-0.05, 0) is 43.4 Å². The van der Waals surface area contributed by atoms with E-state index in [-0.39, 0.29) is 0 Å². The van der Waals surface area contributed by atoms with Gasteiger partial charge in [-0.25, -0.2) is 9.97 Å². The summed E-state index contributed by atoms with van der Waals surface area (Å²) in [6.07, 6.45) is 5.41. The van der Waals surface area contributed by atoms with Gasteiger partial charge in [-0.2, -0.15) is 0 Å². The van der Waals surface area contributed by atoms with Crippen LogP contribution in [0.2, 0.25) is 0 Å². The summed E-state index contributed by atoms with van der Waals surface area (Å²) in [4.78, 5) is 26.2. The van der Waals surface area contributed by atoms with Crippen molar-refractivity contribution in [3.8, 4) is 0 Å². The number of hydrogen-bond donors (Lipinski definition) is 2. The summed E-state index contributed by atoms with van der Waals surface area (Å²) in [5.41, 5.74) is 2.21. The smallest absolute Gasteiger partial charge is 0.311 e. The molecule has 0 unspecified atom stereocenters. The zero-order valence-electron chi connectivity index (χ0n) is 14.8. The summed E-state index contributed by atoms with van der Waals surface area (Å²) in [5, 5.41) is 11.0. The van der Waals surface area contributed by atoms with Crippen LogP contribution in [0.3, 0.4) is 0 Å². The van der Waals surface area contributed by atoms with E-state index in [0.717, 1.165) is 40.9 Å². The number of aliphatic carboxylic acids is 1. The lowest BCUT2D eigenvalue weighted by Crippen LogP contribution is -2.49. The Morgan fingerprint density at radius 1 is 1.31 bits per heavy atom. The minimum absolute atomic E-state index is 0.452. The van der Waals surface area contributed by atoms with Gasteiger partial charge in [0.1, 0.15) is 17.8 Å². The molecule has 0 bridgehead atoms. The first kappa shape index (κ1) is 16.6. The molecule has 1 fully saturated rings. The zero-order valence-corrected chi connectivity index (χ0v) is 14.8. The highest BCUT2D eigenvalue weighted by molar-refractivity contribution is 5.88. The molecule has 0 aliphatic carbocycles. The Hall–Kier alpha value is -2.89. The molecule has 0 radical (unpaired) electrons. The molecule has 26 heavy (non-hydrogen) atoms. The maximum Gasteiger partial charge on any atom is 0.311 e. The third kappa shape index (κ3) is 2.81. The number of aromatic nitrogens is 3. The quantitative estimate of drug-likeness (QED) is 0.755. The van der Waals surface area contributed by atoms with E-state index < -0.39 is 11.4 Å². The third-order valence-electron chi connectivity index (χ3n) is 5.45. The molecule has 1 aromatic carbocycles. The predicted octanol–water partition coefficient (Wildman–Crippen LogP) is 3.18. The van der Waals surface area contributed by atoms with Crippen LogP contribution in [-0.4, -0.2) is 39.1 Å². The van der Waals surface area contributed by atoms with Crippen molar-refractivity contribution in [3.05, 3.63) is 54.0 Å². The number of aryl methyl sites for hydroxylation is 1. The summed E-state index contributed by atoms with van der Waals surface area (Å²) in [6, 6.07) is 9.99. The second-order valence-electron chi connectivity index (χ2n) is 7.15. The Balaban J connectivity index is 1.69. The van der Waals surface area contributed by atoms with E-state index in [0.29, 0.717) is 19.4 Å². The zero-order chi connectivity index (χ0) is 18.1. The number of fused-ring (bicyclic) bond motifs is 1. The monoisotopic (exact) mass is 350 g/mol. The SMILES string of the molecule is Cc1ccccc1C[C@]1(C(=O)O)CCCN(c2ncnc3[nH]ccc23)C1. The molecule has 1 atom stereocenters. The fourth-order valence-electron chi connectivity index (χ4n) is 3.99. The number of carbonyl (C=O) groups is 1. The molecule has 6 nitrogen and oxygen atoms in total. The maximum absolute atomic E-state index is 12.3. The average Bonchev–Trinajstić information content (AvgIpc) is 3.12. The number of nitrogens with zero attached hydrogens (tertiary/aromatic N) is 3. The van der Waals surface area contributed by atoms with E-state index in [9.17, 15) is 9.90 Å². The highest BCUT2D eigenvalue weighted by atomic mass is 16.4. The summed E-state index contributed by atoms with van der Waals surface area (Å²) in [5.74, 6) is 0.0798. The molecule has 2 aromatic heterocycles. The van der Waals surface area contributed by atoms with Gasteiger partial charge < -0.3 is 15.0 Å². The highest BCUT2D eigenvalue weighted by Crippen LogP contribution is 2.37. The van der Waals surface area contributed by atoms with Crippen molar-refractivity contribution < 1.29 is 9.90 Å². The first-order valence-electron chi connectivity index (χ1n) is 8.90. The van der Waals surface area contributed by atoms with Crippen molar-refractivity contribution in [3.63, 3.8) is 0 Å². The van der Waals surface area contributed by atoms with Crippen LogP contribution in [0.25, 0.3) is 11.0 Å². The number of hydrogen-bond acceptors (Lipinski definition) is 4. The van der Waals surface area contributed by atoms with Gasteiger partial charge in [-0.15, -0.1) is 0 Å². The summed E-state index contributed by atoms with van der Waals surface area (Å²) in [7, 11) is 0. The number of H-pyrrole nitrogens is 1. The normalized spacial score (nSPS) is 20.4. The van der Waals surface area contributed by atoms with Gasteiger partial charge in [0, 0.05) is 19.3 Å². The molecule has 3 aromatic rings. The van der Waals surface area contributed by atoms with Gasteiger partial charge >= 0.3 is 5.97 Å². The fraction of sp³-hybridized carbons (Fsp3) is 0.350. The first-order valence-corrected chi connectivity index (χ1v) is 8.90. The standard InChI is InChI=1S/C20H22N4O2/c1-14-5-2-3-6-15(14)11-20(19(25)26)8-4-10-24(12-20)18-16-7-9-21-17(16)22-13-23-18/h2-3,5-7,9,13H,4,8,10-12H2,1H3,(H,25,26)(H,21,22,23)/t20-/m1/s1. The lowest BCUT2D eigenvalue weighted by atomic mass is 9.74. The fourth-order valence-corrected chi connectivity index (χ4v) is 3.99. The highest BCUT2D eigenvalue weighted by Gasteiger charge is 2.43. The Bertz CT molecular complexity index is 952. The Morgan fingerprint density at radius 3 is 2.96 bits per heavy atom. The topological polar surface area (TPSA) is 82.1 Å². The van der Waals surface area contributed by atoms with Gasteiger partial charge in [0.25, 0.3) is 0 Å². The van der Waals surface area contributed by atoms with Gasteiger partial charge in [0.05, 0.1) is 10.8 Å². The summed E-state index contributed by atoms with van der Waals surface area (Å²) >= 11 is 0. The number of aromatic amines is 1. The van der Waals surface area contributed by atoms with Crippen LogP contribution in [0.15, 0.2) is 42.9 Å². The first-order chi connectivity index (χ1) is 12.6. The Morgan fingerprint density at radius 2 is 2.15 bits per heavy atom. The number of nitrogens with one attached hydrogen (secondary N) is 1. The Labute approximate surface area is 151 Å². The average molecular weight is 350 g/mol. The molecule has 3 heterocycles. The predicted molar refractivity (Wildman–Crippen MR) is 100 cm³/mol. The van der Waals surface area contributed by atoms with E-state index in [1.54, 1.807) is 0 Å². The third-order valence-corrected chi connectivity index (χ3v) is 5.45. The minimum Gasteiger partial charge on any atom is -0.481 e. The lowest BCUT2D eigenvalue weighted by Gasteiger charge is -2.41. The van der Waals surface area contributed by atoms with Gasteiger partial charge in [0.15, 0.2) is 0 Å². The molecule has 1 saturated heterocycles. The van der Waals surface area contributed by atoms with Gasteiger partial charge in [-0.1, -0.05) is 24.3 Å². The minimum atomic E-state index is -0.808. The molecule has 134 valence electrons. The Kier molecular flexibility index (Phi) is 4.11. The number of anilines is 1. The van der Waals surface area contributed by atoms with Crippen molar-refractivity contribution >= 4 is 22.8 Å². The van der Waals surface area contributed by atoms with E-state index in [4.69, 9.17) is 0 Å². The van der Waals surface area contributed by atoms with Gasteiger partial charge in [-0.3, -0.25) is 4.79 Å². The number of benzene rings is 1. The van der Waals surface area contributed by atoms with Crippen LogP contribution >= 0.6 is 0 Å². The van der Waals surface area contributed by atoms with Crippen LogP contribution in [0.4, 0.5) is 5.82 Å². The van der Waals surface area contributed by atoms with Crippen molar-refractivity contribution in [2.24, 2.45) is 5.41 Å². The van der Waals surface area contributed by atoms with Crippen molar-refractivity contribution in [1.29, 1.82) is 0 Å². The number of carboxylic acid groups (broad SMARTS) is 1. The molecule has 0 spiro atoms. The largest absolute Gasteiger partial charge is 0.481 e. The van der Waals surface area contributed by atoms with Crippen molar-refractivity contribution in [2.45, 2.75) is 26.2 Å². The van der Waals surface area contributed by atoms with Crippen LogP contribution < -0.4 is 4.90 Å². The second-order valence-corrected chi connectivity index (χ2v) is 7.15. The van der Waals surface area contributed by atoms with Crippen LogP contribution in [0, 0.1) is 12.3 Å². The summed E-state index contributed by atoms with van der Waals surface area (Å²) in [6.45, 7) is 3.30.